The fourth-order valence-electron chi connectivity index (χ4n) is 6.48. The molecule has 0 bridgehead atoms. The van der Waals surface area contributed by atoms with Gasteiger partial charge in [-0.05, 0) is 71.0 Å². The van der Waals surface area contributed by atoms with E-state index in [2.05, 4.69) is 54.6 Å². The number of hydrogen-bond donors (Lipinski definition) is 1. The number of aromatic nitrogens is 5. The maximum atomic E-state index is 13.6. The van der Waals surface area contributed by atoms with Crippen LogP contribution in [-0.4, -0.2) is 68.0 Å². The highest BCUT2D eigenvalue weighted by atomic mass is 16.7. The molecule has 0 amide bonds. The van der Waals surface area contributed by atoms with Crippen LogP contribution in [0.25, 0.3) is 10.9 Å². The smallest absolute Gasteiger partial charge is 0.253 e. The molecule has 1 N–H and O–H groups in total. The van der Waals surface area contributed by atoms with E-state index < -0.39 is 0 Å². The minimum Gasteiger partial charge on any atom is -0.454 e. The van der Waals surface area contributed by atoms with Gasteiger partial charge in [0.05, 0.1) is 6.04 Å². The van der Waals surface area contributed by atoms with Gasteiger partial charge in [0.2, 0.25) is 6.79 Å². The third-order valence-electron chi connectivity index (χ3n) is 8.62. The molecule has 40 heavy (non-hydrogen) atoms. The average molecular weight is 542 g/mol. The van der Waals surface area contributed by atoms with Crippen LogP contribution < -0.4 is 15.0 Å². The Hall–Kier alpha value is -3.76. The number of pyridine rings is 1. The molecule has 2 fully saturated rings. The lowest BCUT2D eigenvalue weighted by atomic mass is 9.95. The zero-order valence-corrected chi connectivity index (χ0v) is 22.9. The summed E-state index contributed by atoms with van der Waals surface area (Å²) in [5.41, 5.74) is 3.80. The standard InChI is InChI=1S/C30H35N7O3/c1-20-7-9-22-17-24(30(38)31-25(22)15-20)28(29-32-33-34-37(29)23-5-3-2-4-6-23)36-13-11-35(12-14-36)18-21-8-10-26-27(16-21)40-19-39-26/h7-10,15-17,23,28H,2-6,11-14,18-19H2,1H3,(H,31,38). The first kappa shape index (κ1) is 25.2. The van der Waals surface area contributed by atoms with Gasteiger partial charge in [-0.15, -0.1) is 5.10 Å². The number of benzene rings is 2. The molecular formula is C30H35N7O3. The van der Waals surface area contributed by atoms with E-state index in [4.69, 9.17) is 9.47 Å². The Bertz CT molecular complexity index is 1570. The largest absolute Gasteiger partial charge is 0.454 e. The van der Waals surface area contributed by atoms with Crippen LogP contribution in [-0.2, 0) is 6.54 Å². The highest BCUT2D eigenvalue weighted by molar-refractivity contribution is 5.79. The Morgan fingerprint density at radius 3 is 2.65 bits per heavy atom. The molecular weight excluding hydrogens is 506 g/mol. The Balaban J connectivity index is 1.19. The minimum absolute atomic E-state index is 0.0796. The third-order valence-corrected chi connectivity index (χ3v) is 8.62. The maximum Gasteiger partial charge on any atom is 0.253 e. The Morgan fingerprint density at radius 1 is 0.975 bits per heavy atom. The van der Waals surface area contributed by atoms with Gasteiger partial charge >= 0.3 is 0 Å². The van der Waals surface area contributed by atoms with Crippen molar-refractivity contribution in [3.63, 3.8) is 0 Å². The summed E-state index contributed by atoms with van der Waals surface area (Å²) in [7, 11) is 0. The fourth-order valence-corrected chi connectivity index (χ4v) is 6.48. The number of nitrogens with zero attached hydrogens (tertiary/aromatic N) is 6. The quantitative estimate of drug-likeness (QED) is 0.392. The van der Waals surface area contributed by atoms with Crippen LogP contribution in [0.2, 0.25) is 0 Å². The van der Waals surface area contributed by atoms with E-state index in [0.717, 1.165) is 79.4 Å². The summed E-state index contributed by atoms with van der Waals surface area (Å²) in [6.07, 6.45) is 5.77. The van der Waals surface area contributed by atoms with E-state index in [1.54, 1.807) is 0 Å². The van der Waals surface area contributed by atoms with Crippen LogP contribution in [0.15, 0.2) is 47.3 Å². The van der Waals surface area contributed by atoms with Crippen molar-refractivity contribution < 1.29 is 9.47 Å². The first-order chi connectivity index (χ1) is 19.6. The van der Waals surface area contributed by atoms with Gasteiger partial charge in [-0.25, -0.2) is 4.68 Å². The Morgan fingerprint density at radius 2 is 1.80 bits per heavy atom. The van der Waals surface area contributed by atoms with Crippen LogP contribution in [0.4, 0.5) is 0 Å². The molecule has 2 aromatic carbocycles. The van der Waals surface area contributed by atoms with Gasteiger partial charge in [-0.2, -0.15) is 0 Å². The summed E-state index contributed by atoms with van der Waals surface area (Å²) in [6, 6.07) is 14.4. The molecule has 7 rings (SSSR count). The topological polar surface area (TPSA) is 101 Å². The summed E-state index contributed by atoms with van der Waals surface area (Å²) in [5, 5.41) is 14.2. The number of piperazine rings is 1. The molecule has 0 spiro atoms. The lowest BCUT2D eigenvalue weighted by Gasteiger charge is -2.39. The van der Waals surface area contributed by atoms with Crippen LogP contribution >= 0.6 is 0 Å². The number of nitrogens with one attached hydrogen (secondary N) is 1. The number of ether oxygens (including phenoxy) is 2. The van der Waals surface area contributed by atoms with Crippen molar-refractivity contribution in [2.24, 2.45) is 0 Å². The van der Waals surface area contributed by atoms with E-state index >= 15 is 0 Å². The van der Waals surface area contributed by atoms with E-state index in [1.165, 1.54) is 24.8 Å². The number of hydrogen-bond acceptors (Lipinski definition) is 8. The molecule has 0 radical (unpaired) electrons. The summed E-state index contributed by atoms with van der Waals surface area (Å²) in [6.45, 7) is 6.52. The predicted molar refractivity (Wildman–Crippen MR) is 151 cm³/mol. The normalized spacial score (nSPS) is 19.3. The van der Waals surface area contributed by atoms with Gasteiger partial charge < -0.3 is 14.5 Å². The monoisotopic (exact) mass is 541 g/mol. The van der Waals surface area contributed by atoms with Gasteiger partial charge in [0.15, 0.2) is 17.3 Å². The van der Waals surface area contributed by atoms with Crippen molar-refractivity contribution >= 4 is 10.9 Å². The summed E-state index contributed by atoms with van der Waals surface area (Å²) >= 11 is 0. The molecule has 1 unspecified atom stereocenters. The molecule has 2 aromatic heterocycles. The zero-order valence-electron chi connectivity index (χ0n) is 22.9. The first-order valence-electron chi connectivity index (χ1n) is 14.4. The second kappa shape index (κ2) is 10.7. The van der Waals surface area contributed by atoms with Crippen LogP contribution in [0.3, 0.4) is 0 Å². The molecule has 10 nitrogen and oxygen atoms in total. The van der Waals surface area contributed by atoms with Crippen molar-refractivity contribution in [1.82, 2.24) is 35.0 Å². The van der Waals surface area contributed by atoms with E-state index in [1.807, 2.05) is 29.8 Å². The number of tetrazole rings is 1. The van der Waals surface area contributed by atoms with Gasteiger partial charge in [0, 0.05) is 43.8 Å². The molecule has 2 aliphatic heterocycles. The summed E-state index contributed by atoms with van der Waals surface area (Å²) in [5.74, 6) is 2.40. The van der Waals surface area contributed by atoms with Crippen molar-refractivity contribution in [3.05, 3.63) is 75.3 Å². The molecule has 10 heteroatoms. The molecule has 1 saturated carbocycles. The maximum absolute atomic E-state index is 13.6. The van der Waals surface area contributed by atoms with Crippen LogP contribution in [0.1, 0.15) is 66.7 Å². The summed E-state index contributed by atoms with van der Waals surface area (Å²) < 4.78 is 13.1. The number of aromatic amines is 1. The molecule has 1 aliphatic carbocycles. The molecule has 208 valence electrons. The van der Waals surface area contributed by atoms with Gasteiger partial charge in [-0.1, -0.05) is 37.5 Å². The Kier molecular flexibility index (Phi) is 6.73. The van der Waals surface area contributed by atoms with Crippen molar-refractivity contribution in [2.45, 2.75) is 57.7 Å². The number of H-pyrrole nitrogens is 1. The van der Waals surface area contributed by atoms with Gasteiger partial charge in [-0.3, -0.25) is 14.6 Å². The zero-order chi connectivity index (χ0) is 27.1. The second-order valence-electron chi connectivity index (χ2n) is 11.3. The van der Waals surface area contributed by atoms with E-state index in [0.29, 0.717) is 5.56 Å². The Labute approximate surface area is 232 Å². The van der Waals surface area contributed by atoms with E-state index in [-0.39, 0.29) is 24.4 Å². The van der Waals surface area contributed by atoms with Crippen LogP contribution in [0, 0.1) is 6.92 Å². The highest BCUT2D eigenvalue weighted by Crippen LogP contribution is 2.35. The van der Waals surface area contributed by atoms with Crippen molar-refractivity contribution in [1.29, 1.82) is 0 Å². The number of fused-ring (bicyclic) bond motifs is 2. The lowest BCUT2D eigenvalue weighted by molar-refractivity contribution is 0.0982. The molecule has 3 aliphatic rings. The second-order valence-corrected chi connectivity index (χ2v) is 11.3. The predicted octanol–water partition coefficient (Wildman–Crippen LogP) is 3.96. The SMILES string of the molecule is Cc1ccc2cc(C(c3nnnn3C3CCCCC3)N3CCN(Cc4ccc5c(c4)OCO5)CC3)c(=O)[nH]c2c1. The van der Waals surface area contributed by atoms with E-state index in [9.17, 15) is 4.79 Å². The van der Waals surface area contributed by atoms with Crippen molar-refractivity contribution in [2.75, 3.05) is 33.0 Å². The van der Waals surface area contributed by atoms with Gasteiger partial charge in [0.1, 0.15) is 6.04 Å². The first-order valence-corrected chi connectivity index (χ1v) is 14.4. The molecule has 1 saturated heterocycles. The molecule has 1 atom stereocenters. The highest BCUT2D eigenvalue weighted by Gasteiger charge is 2.34. The minimum atomic E-state index is -0.320. The number of aryl methyl sites for hydroxylation is 1. The van der Waals surface area contributed by atoms with Gasteiger partial charge in [0.25, 0.3) is 5.56 Å². The molecule has 4 aromatic rings. The van der Waals surface area contributed by atoms with Crippen LogP contribution in [0.5, 0.6) is 11.5 Å². The third kappa shape index (κ3) is 4.86. The molecule has 4 heterocycles. The number of rotatable bonds is 6. The summed E-state index contributed by atoms with van der Waals surface area (Å²) in [4.78, 5) is 21.6. The lowest BCUT2D eigenvalue weighted by Crippen LogP contribution is -2.48. The average Bonchev–Trinajstić information content (AvgIpc) is 3.65. The fraction of sp³-hybridized carbons (Fsp3) is 0.467. The van der Waals surface area contributed by atoms with Crippen molar-refractivity contribution in [3.8, 4) is 11.5 Å².